The summed E-state index contributed by atoms with van der Waals surface area (Å²) in [6.45, 7) is 2.44. The van der Waals surface area contributed by atoms with Crippen LogP contribution in [-0.2, 0) is 11.3 Å². The van der Waals surface area contributed by atoms with Crippen molar-refractivity contribution in [2.75, 3.05) is 25.0 Å². The van der Waals surface area contributed by atoms with Crippen molar-refractivity contribution in [1.82, 2.24) is 5.32 Å². The molecule has 1 aromatic rings. The summed E-state index contributed by atoms with van der Waals surface area (Å²) in [5, 5.41) is 12.2. The predicted molar refractivity (Wildman–Crippen MR) is 71.8 cm³/mol. The van der Waals surface area contributed by atoms with Crippen molar-refractivity contribution in [3.63, 3.8) is 0 Å². The first-order valence-corrected chi connectivity index (χ1v) is 6.42. The average molecular weight is 248 g/mol. The molecule has 1 fully saturated rings. The summed E-state index contributed by atoms with van der Waals surface area (Å²) in [5.74, 6) is -0.901. The van der Waals surface area contributed by atoms with E-state index in [9.17, 15) is 4.79 Å². The minimum Gasteiger partial charge on any atom is -0.481 e. The number of hydrogen-bond acceptors (Lipinski definition) is 3. The monoisotopic (exact) mass is 248 g/mol. The first-order chi connectivity index (χ1) is 8.70. The molecule has 1 unspecified atom stereocenters. The van der Waals surface area contributed by atoms with Gasteiger partial charge in [-0.15, -0.1) is 0 Å². The number of anilines is 1. The van der Waals surface area contributed by atoms with E-state index in [2.05, 4.69) is 34.5 Å². The summed E-state index contributed by atoms with van der Waals surface area (Å²) in [5.41, 5.74) is 2.37. The molecule has 1 saturated heterocycles. The summed E-state index contributed by atoms with van der Waals surface area (Å²) in [4.78, 5) is 13.2. The molecular formula is C14H20N2O2. The highest BCUT2D eigenvalue weighted by atomic mass is 16.4. The normalized spacial score (nSPS) is 19.8. The summed E-state index contributed by atoms with van der Waals surface area (Å²) < 4.78 is 0. The van der Waals surface area contributed by atoms with Gasteiger partial charge in [-0.2, -0.15) is 0 Å². The molecule has 4 nitrogen and oxygen atoms in total. The SMILES string of the molecule is CNCc1ccc(N2CCCC(C(=O)O)C2)cc1. The number of piperidine rings is 1. The van der Waals surface area contributed by atoms with Crippen molar-refractivity contribution in [3.8, 4) is 0 Å². The number of carboxylic acid groups (broad SMARTS) is 1. The fourth-order valence-electron chi connectivity index (χ4n) is 2.44. The Kier molecular flexibility index (Phi) is 4.20. The molecule has 1 atom stereocenters. The first kappa shape index (κ1) is 12.9. The van der Waals surface area contributed by atoms with Crippen LogP contribution >= 0.6 is 0 Å². The molecule has 0 aliphatic carbocycles. The van der Waals surface area contributed by atoms with Crippen LogP contribution in [0.2, 0.25) is 0 Å². The Bertz CT molecular complexity index is 403. The molecular weight excluding hydrogens is 228 g/mol. The smallest absolute Gasteiger partial charge is 0.308 e. The number of aliphatic carboxylic acids is 1. The van der Waals surface area contributed by atoms with Crippen LogP contribution in [0.1, 0.15) is 18.4 Å². The zero-order chi connectivity index (χ0) is 13.0. The number of benzene rings is 1. The second-order valence-electron chi connectivity index (χ2n) is 4.82. The molecule has 0 amide bonds. The van der Waals surface area contributed by atoms with Gasteiger partial charge in [-0.05, 0) is 37.6 Å². The van der Waals surface area contributed by atoms with Crippen molar-refractivity contribution in [1.29, 1.82) is 0 Å². The number of carbonyl (C=O) groups is 1. The molecule has 1 heterocycles. The van der Waals surface area contributed by atoms with E-state index in [1.165, 1.54) is 5.56 Å². The Morgan fingerprint density at radius 1 is 1.44 bits per heavy atom. The lowest BCUT2D eigenvalue weighted by Crippen LogP contribution is -2.38. The summed E-state index contributed by atoms with van der Waals surface area (Å²) >= 11 is 0. The van der Waals surface area contributed by atoms with E-state index < -0.39 is 5.97 Å². The molecule has 2 rings (SSSR count). The van der Waals surface area contributed by atoms with Gasteiger partial charge in [0.1, 0.15) is 0 Å². The lowest BCUT2D eigenvalue weighted by molar-refractivity contribution is -0.141. The summed E-state index contributed by atoms with van der Waals surface area (Å²) in [6, 6.07) is 8.35. The first-order valence-electron chi connectivity index (χ1n) is 6.42. The van der Waals surface area contributed by atoms with E-state index in [0.717, 1.165) is 31.6 Å². The van der Waals surface area contributed by atoms with Crippen molar-refractivity contribution >= 4 is 11.7 Å². The lowest BCUT2D eigenvalue weighted by Gasteiger charge is -2.32. The Morgan fingerprint density at radius 2 is 2.17 bits per heavy atom. The maximum atomic E-state index is 11.0. The summed E-state index contributed by atoms with van der Waals surface area (Å²) in [6.07, 6.45) is 1.75. The number of rotatable bonds is 4. The van der Waals surface area contributed by atoms with E-state index in [0.29, 0.717) is 6.54 Å². The van der Waals surface area contributed by atoms with Crippen LogP contribution in [0, 0.1) is 5.92 Å². The van der Waals surface area contributed by atoms with Gasteiger partial charge >= 0.3 is 5.97 Å². The minimum atomic E-state index is -0.675. The highest BCUT2D eigenvalue weighted by Gasteiger charge is 2.25. The lowest BCUT2D eigenvalue weighted by atomic mass is 9.97. The molecule has 1 aliphatic rings. The maximum Gasteiger partial charge on any atom is 0.308 e. The minimum absolute atomic E-state index is 0.226. The van der Waals surface area contributed by atoms with Crippen molar-refractivity contribution in [2.45, 2.75) is 19.4 Å². The highest BCUT2D eigenvalue weighted by molar-refractivity contribution is 5.71. The van der Waals surface area contributed by atoms with Crippen LogP contribution in [-0.4, -0.2) is 31.2 Å². The van der Waals surface area contributed by atoms with Gasteiger partial charge in [-0.1, -0.05) is 12.1 Å². The quantitative estimate of drug-likeness (QED) is 0.851. The second kappa shape index (κ2) is 5.87. The van der Waals surface area contributed by atoms with Crippen molar-refractivity contribution < 1.29 is 9.90 Å². The summed E-state index contributed by atoms with van der Waals surface area (Å²) in [7, 11) is 1.93. The van der Waals surface area contributed by atoms with E-state index >= 15 is 0 Å². The third kappa shape index (κ3) is 3.01. The average Bonchev–Trinajstić information content (AvgIpc) is 2.40. The zero-order valence-electron chi connectivity index (χ0n) is 10.7. The molecule has 0 bridgehead atoms. The number of carboxylic acids is 1. The zero-order valence-corrected chi connectivity index (χ0v) is 10.7. The molecule has 98 valence electrons. The van der Waals surface area contributed by atoms with Gasteiger partial charge in [-0.3, -0.25) is 4.79 Å². The van der Waals surface area contributed by atoms with E-state index in [1.54, 1.807) is 0 Å². The molecule has 4 heteroatoms. The third-order valence-electron chi connectivity index (χ3n) is 3.45. The predicted octanol–water partition coefficient (Wildman–Crippen LogP) is 1.71. The van der Waals surface area contributed by atoms with E-state index in [1.807, 2.05) is 7.05 Å². The van der Waals surface area contributed by atoms with Gasteiger partial charge in [-0.25, -0.2) is 0 Å². The van der Waals surface area contributed by atoms with Crippen molar-refractivity contribution in [3.05, 3.63) is 29.8 Å². The molecule has 2 N–H and O–H groups in total. The largest absolute Gasteiger partial charge is 0.481 e. The van der Waals surface area contributed by atoms with E-state index in [4.69, 9.17) is 5.11 Å². The van der Waals surface area contributed by atoms with Crippen LogP contribution in [0.4, 0.5) is 5.69 Å². The standard InChI is InChI=1S/C14H20N2O2/c1-15-9-11-4-6-13(7-5-11)16-8-2-3-12(10-16)14(17)18/h4-7,12,15H,2-3,8-10H2,1H3,(H,17,18). The number of hydrogen-bond donors (Lipinski definition) is 2. The Morgan fingerprint density at radius 3 is 2.78 bits per heavy atom. The Labute approximate surface area is 108 Å². The fourth-order valence-corrected chi connectivity index (χ4v) is 2.44. The van der Waals surface area contributed by atoms with Crippen LogP contribution in [0.3, 0.4) is 0 Å². The molecule has 0 radical (unpaired) electrons. The molecule has 0 saturated carbocycles. The van der Waals surface area contributed by atoms with Gasteiger partial charge in [0, 0.05) is 25.3 Å². The van der Waals surface area contributed by atoms with Crippen LogP contribution < -0.4 is 10.2 Å². The van der Waals surface area contributed by atoms with Crippen LogP contribution in [0.5, 0.6) is 0 Å². The molecule has 18 heavy (non-hydrogen) atoms. The molecule has 0 spiro atoms. The van der Waals surface area contributed by atoms with E-state index in [-0.39, 0.29) is 5.92 Å². The van der Waals surface area contributed by atoms with Gasteiger partial charge in [0.25, 0.3) is 0 Å². The van der Waals surface area contributed by atoms with Crippen molar-refractivity contribution in [2.24, 2.45) is 5.92 Å². The van der Waals surface area contributed by atoms with Gasteiger partial charge in [0.05, 0.1) is 5.92 Å². The topological polar surface area (TPSA) is 52.6 Å². The van der Waals surface area contributed by atoms with Gasteiger partial charge in [0.2, 0.25) is 0 Å². The maximum absolute atomic E-state index is 11.0. The molecule has 0 aromatic heterocycles. The number of nitrogens with one attached hydrogen (secondary N) is 1. The van der Waals surface area contributed by atoms with Gasteiger partial charge in [0.15, 0.2) is 0 Å². The Balaban J connectivity index is 2.04. The second-order valence-corrected chi connectivity index (χ2v) is 4.82. The molecule has 1 aromatic carbocycles. The van der Waals surface area contributed by atoms with Crippen LogP contribution in [0.15, 0.2) is 24.3 Å². The highest BCUT2D eigenvalue weighted by Crippen LogP contribution is 2.23. The number of nitrogens with zero attached hydrogens (tertiary/aromatic N) is 1. The Hall–Kier alpha value is -1.55. The molecule has 1 aliphatic heterocycles. The van der Waals surface area contributed by atoms with Crippen LogP contribution in [0.25, 0.3) is 0 Å². The fraction of sp³-hybridized carbons (Fsp3) is 0.500. The van der Waals surface area contributed by atoms with Gasteiger partial charge < -0.3 is 15.3 Å². The third-order valence-corrected chi connectivity index (χ3v) is 3.45.